The molecule has 0 radical (unpaired) electrons. The van der Waals surface area contributed by atoms with Crippen LogP contribution in [0.15, 0.2) is 59.4 Å². The molecular formula is C19H24N6S. The molecule has 0 bridgehead atoms. The standard InChI is InChI=1S/C19H24N6S/c20-19(23-10-3-5-15-13-21-14-25-15)24-11-8-16(18-7-4-12-26-18)17-6-1-2-9-22-17/h1-2,4,6-7,9,12-14,16H,3,5,8,10-11H2,(H,21,25)(H3,20,23,24). The summed E-state index contributed by atoms with van der Waals surface area (Å²) in [5.74, 6) is 0.775. The third kappa shape index (κ3) is 5.42. The van der Waals surface area contributed by atoms with Crippen LogP contribution in [0.25, 0.3) is 0 Å². The van der Waals surface area contributed by atoms with Gasteiger partial charge in [0.15, 0.2) is 5.96 Å². The lowest BCUT2D eigenvalue weighted by atomic mass is 9.99. The molecule has 0 aromatic carbocycles. The molecule has 0 fully saturated rings. The van der Waals surface area contributed by atoms with E-state index in [1.807, 2.05) is 24.5 Å². The topological polar surface area (TPSA) is 92.0 Å². The summed E-state index contributed by atoms with van der Waals surface area (Å²) < 4.78 is 0. The maximum atomic E-state index is 5.98. The van der Waals surface area contributed by atoms with Gasteiger partial charge in [-0.3, -0.25) is 9.98 Å². The smallest absolute Gasteiger partial charge is 0.188 e. The van der Waals surface area contributed by atoms with Gasteiger partial charge in [0.2, 0.25) is 0 Å². The number of hydrogen-bond donors (Lipinski definition) is 3. The van der Waals surface area contributed by atoms with Crippen molar-refractivity contribution in [3.63, 3.8) is 0 Å². The Balaban J connectivity index is 1.46. The van der Waals surface area contributed by atoms with Gasteiger partial charge in [-0.05, 0) is 42.8 Å². The second-order valence-corrected chi connectivity index (χ2v) is 6.96. The molecular weight excluding hydrogens is 344 g/mol. The van der Waals surface area contributed by atoms with E-state index in [0.29, 0.717) is 12.5 Å². The van der Waals surface area contributed by atoms with Crippen LogP contribution in [0.3, 0.4) is 0 Å². The number of nitrogens with zero attached hydrogens (tertiary/aromatic N) is 3. The number of thiophene rings is 1. The fourth-order valence-electron chi connectivity index (χ4n) is 2.80. The van der Waals surface area contributed by atoms with E-state index in [-0.39, 0.29) is 5.92 Å². The average Bonchev–Trinajstić information content (AvgIpc) is 3.37. The summed E-state index contributed by atoms with van der Waals surface area (Å²) in [6.07, 6.45) is 8.17. The van der Waals surface area contributed by atoms with Gasteiger partial charge in [0.25, 0.3) is 0 Å². The summed E-state index contributed by atoms with van der Waals surface area (Å²) in [5.41, 5.74) is 8.20. The van der Waals surface area contributed by atoms with Gasteiger partial charge in [-0.2, -0.15) is 0 Å². The minimum atomic E-state index is 0.275. The highest BCUT2D eigenvalue weighted by atomic mass is 32.1. The predicted octanol–water partition coefficient (Wildman–Crippen LogP) is 2.93. The largest absolute Gasteiger partial charge is 0.370 e. The van der Waals surface area contributed by atoms with Crippen molar-refractivity contribution in [1.82, 2.24) is 20.3 Å². The lowest BCUT2D eigenvalue weighted by Crippen LogP contribution is -2.33. The Bertz CT molecular complexity index is 768. The second kappa shape index (κ2) is 9.72. The van der Waals surface area contributed by atoms with Crippen molar-refractivity contribution >= 4 is 17.3 Å². The molecule has 3 aromatic rings. The van der Waals surface area contributed by atoms with E-state index in [1.165, 1.54) is 4.88 Å². The zero-order valence-electron chi connectivity index (χ0n) is 14.6. The van der Waals surface area contributed by atoms with E-state index in [9.17, 15) is 0 Å². The minimum absolute atomic E-state index is 0.275. The maximum Gasteiger partial charge on any atom is 0.188 e. The van der Waals surface area contributed by atoms with Gasteiger partial charge in [0.05, 0.1) is 6.33 Å². The van der Waals surface area contributed by atoms with E-state index >= 15 is 0 Å². The van der Waals surface area contributed by atoms with E-state index in [4.69, 9.17) is 5.73 Å². The summed E-state index contributed by atoms with van der Waals surface area (Å²) in [4.78, 5) is 17.3. The van der Waals surface area contributed by atoms with Crippen molar-refractivity contribution in [3.8, 4) is 0 Å². The molecule has 3 aromatic heterocycles. The predicted molar refractivity (Wildman–Crippen MR) is 106 cm³/mol. The highest BCUT2D eigenvalue weighted by Crippen LogP contribution is 2.29. The summed E-state index contributed by atoms with van der Waals surface area (Å²) in [5, 5.41) is 5.33. The summed E-state index contributed by atoms with van der Waals surface area (Å²) >= 11 is 1.76. The number of nitrogens with one attached hydrogen (secondary N) is 2. The first kappa shape index (κ1) is 18.1. The molecule has 1 unspecified atom stereocenters. The number of aromatic amines is 1. The maximum absolute atomic E-state index is 5.98. The van der Waals surface area contributed by atoms with Gasteiger partial charge in [0.1, 0.15) is 0 Å². The van der Waals surface area contributed by atoms with Crippen molar-refractivity contribution in [2.45, 2.75) is 25.2 Å². The van der Waals surface area contributed by atoms with Crippen LogP contribution in [-0.2, 0) is 6.42 Å². The highest BCUT2D eigenvalue weighted by molar-refractivity contribution is 7.10. The van der Waals surface area contributed by atoms with Crippen LogP contribution in [0.5, 0.6) is 0 Å². The average molecular weight is 369 g/mol. The van der Waals surface area contributed by atoms with E-state index < -0.39 is 0 Å². The van der Waals surface area contributed by atoms with Gasteiger partial charge >= 0.3 is 0 Å². The molecule has 3 heterocycles. The Morgan fingerprint density at radius 2 is 2.27 bits per heavy atom. The van der Waals surface area contributed by atoms with Crippen molar-refractivity contribution in [1.29, 1.82) is 0 Å². The molecule has 4 N–H and O–H groups in total. The Morgan fingerprint density at radius 3 is 3.00 bits per heavy atom. The van der Waals surface area contributed by atoms with Crippen LogP contribution in [0.2, 0.25) is 0 Å². The second-order valence-electron chi connectivity index (χ2n) is 5.99. The highest BCUT2D eigenvalue weighted by Gasteiger charge is 2.16. The Morgan fingerprint density at radius 1 is 1.31 bits per heavy atom. The Labute approximate surface area is 157 Å². The molecule has 26 heavy (non-hydrogen) atoms. The first-order valence-corrected chi connectivity index (χ1v) is 9.66. The number of aryl methyl sites for hydroxylation is 1. The van der Waals surface area contributed by atoms with Crippen molar-refractivity contribution < 1.29 is 0 Å². The summed E-state index contributed by atoms with van der Waals surface area (Å²) in [7, 11) is 0. The van der Waals surface area contributed by atoms with E-state index in [2.05, 4.69) is 48.8 Å². The number of aromatic nitrogens is 3. The monoisotopic (exact) mass is 368 g/mol. The summed E-state index contributed by atoms with van der Waals surface area (Å²) in [6, 6.07) is 10.3. The number of guanidine groups is 1. The van der Waals surface area contributed by atoms with Crippen LogP contribution in [0.1, 0.15) is 35.0 Å². The van der Waals surface area contributed by atoms with Crippen LogP contribution in [-0.4, -0.2) is 34.0 Å². The van der Waals surface area contributed by atoms with Gasteiger partial charge in [0, 0.05) is 47.7 Å². The normalized spacial score (nSPS) is 12.8. The third-order valence-corrected chi connectivity index (χ3v) is 5.10. The van der Waals surface area contributed by atoms with Gasteiger partial charge in [-0.1, -0.05) is 12.1 Å². The molecule has 6 nitrogen and oxygen atoms in total. The van der Waals surface area contributed by atoms with Crippen LogP contribution in [0.4, 0.5) is 0 Å². The van der Waals surface area contributed by atoms with Crippen molar-refractivity contribution in [2.75, 3.05) is 13.1 Å². The Kier molecular flexibility index (Phi) is 6.78. The van der Waals surface area contributed by atoms with Gasteiger partial charge in [-0.15, -0.1) is 11.3 Å². The van der Waals surface area contributed by atoms with Crippen LogP contribution < -0.4 is 11.1 Å². The minimum Gasteiger partial charge on any atom is -0.370 e. The van der Waals surface area contributed by atoms with Gasteiger partial charge < -0.3 is 16.0 Å². The fraction of sp³-hybridized carbons (Fsp3) is 0.316. The zero-order valence-corrected chi connectivity index (χ0v) is 15.5. The quantitative estimate of drug-likeness (QED) is 0.308. The number of imidazole rings is 1. The molecule has 0 spiro atoms. The molecule has 1 atom stereocenters. The number of rotatable bonds is 9. The molecule has 0 aliphatic carbocycles. The number of H-pyrrole nitrogens is 1. The number of hydrogen-bond acceptors (Lipinski definition) is 4. The van der Waals surface area contributed by atoms with Gasteiger partial charge in [-0.25, -0.2) is 4.98 Å². The SMILES string of the molecule is NC(=NCCCc1cnc[nH]1)NCCC(c1ccccn1)c1cccs1. The molecule has 0 aliphatic heterocycles. The fourth-order valence-corrected chi connectivity index (χ4v) is 3.67. The van der Waals surface area contributed by atoms with Crippen LogP contribution in [0, 0.1) is 0 Å². The molecule has 136 valence electrons. The molecule has 0 aliphatic rings. The molecule has 3 rings (SSSR count). The van der Waals surface area contributed by atoms with Crippen molar-refractivity contribution in [3.05, 3.63) is 70.7 Å². The molecule has 0 amide bonds. The molecule has 0 saturated heterocycles. The summed E-state index contributed by atoms with van der Waals surface area (Å²) in [6.45, 7) is 1.46. The first-order valence-electron chi connectivity index (χ1n) is 8.78. The Hall–Kier alpha value is -2.67. The lowest BCUT2D eigenvalue weighted by Gasteiger charge is -2.15. The van der Waals surface area contributed by atoms with Crippen molar-refractivity contribution in [2.24, 2.45) is 10.7 Å². The molecule has 7 heteroatoms. The number of aliphatic imine (C=N–C) groups is 1. The van der Waals surface area contributed by atoms with Crippen LogP contribution >= 0.6 is 11.3 Å². The first-order chi connectivity index (χ1) is 12.8. The number of pyridine rings is 1. The number of nitrogens with two attached hydrogens (primary N) is 1. The lowest BCUT2D eigenvalue weighted by molar-refractivity contribution is 0.680. The van der Waals surface area contributed by atoms with E-state index in [1.54, 1.807) is 17.7 Å². The molecule has 0 saturated carbocycles. The zero-order chi connectivity index (χ0) is 18.0. The van der Waals surface area contributed by atoms with E-state index in [0.717, 1.165) is 37.2 Å². The third-order valence-electron chi connectivity index (χ3n) is 4.11.